The van der Waals surface area contributed by atoms with Crippen LogP contribution in [-0.4, -0.2) is 36.6 Å². The van der Waals surface area contributed by atoms with E-state index in [0.29, 0.717) is 11.6 Å². The van der Waals surface area contributed by atoms with Crippen LogP contribution in [0, 0.1) is 0 Å². The van der Waals surface area contributed by atoms with Gasteiger partial charge in [-0.2, -0.15) is 9.40 Å². The number of H-pyrrole nitrogens is 1. The van der Waals surface area contributed by atoms with Gasteiger partial charge in [-0.15, -0.1) is 0 Å². The molecule has 1 aliphatic heterocycles. The molecule has 1 fully saturated rings. The van der Waals surface area contributed by atoms with Crippen LogP contribution in [0.4, 0.5) is 0 Å². The van der Waals surface area contributed by atoms with Gasteiger partial charge in [0, 0.05) is 17.1 Å². The summed E-state index contributed by atoms with van der Waals surface area (Å²) in [6.45, 7) is 0.464. The molecule has 2 heterocycles. The molecule has 8 heteroatoms. The zero-order valence-corrected chi connectivity index (χ0v) is 16.9. The summed E-state index contributed by atoms with van der Waals surface area (Å²) in [5.41, 5.74) is 2.60. The van der Waals surface area contributed by atoms with Crippen molar-refractivity contribution in [2.45, 2.75) is 23.8 Å². The highest BCUT2D eigenvalue weighted by molar-refractivity contribution is 7.89. The molecular formula is C20H20ClN3O3S. The maximum absolute atomic E-state index is 13.2. The number of halogens is 1. The van der Waals surface area contributed by atoms with Gasteiger partial charge in [0.2, 0.25) is 10.0 Å². The third-order valence-electron chi connectivity index (χ3n) is 5.01. The van der Waals surface area contributed by atoms with Crippen molar-refractivity contribution in [3.05, 3.63) is 65.4 Å². The summed E-state index contributed by atoms with van der Waals surface area (Å²) in [6.07, 6.45) is 3.25. The molecular weight excluding hydrogens is 398 g/mol. The van der Waals surface area contributed by atoms with E-state index in [2.05, 4.69) is 10.2 Å². The van der Waals surface area contributed by atoms with Gasteiger partial charge >= 0.3 is 0 Å². The number of ether oxygens (including phenoxy) is 1. The molecule has 1 aliphatic rings. The molecule has 0 amide bonds. The lowest BCUT2D eigenvalue weighted by Crippen LogP contribution is -2.31. The van der Waals surface area contributed by atoms with Crippen molar-refractivity contribution < 1.29 is 13.2 Å². The average Bonchev–Trinajstić information content (AvgIpc) is 3.37. The number of nitrogens with one attached hydrogen (secondary N) is 1. The highest BCUT2D eigenvalue weighted by atomic mass is 35.5. The Kier molecular flexibility index (Phi) is 5.14. The van der Waals surface area contributed by atoms with E-state index in [9.17, 15) is 8.42 Å². The van der Waals surface area contributed by atoms with Crippen LogP contribution in [-0.2, 0) is 10.0 Å². The van der Waals surface area contributed by atoms with Crippen LogP contribution in [0.25, 0.3) is 11.1 Å². The molecule has 0 radical (unpaired) electrons. The molecule has 1 atom stereocenters. The van der Waals surface area contributed by atoms with E-state index in [4.69, 9.17) is 16.3 Å². The zero-order valence-electron chi connectivity index (χ0n) is 15.3. The van der Waals surface area contributed by atoms with Gasteiger partial charge in [0.1, 0.15) is 5.75 Å². The van der Waals surface area contributed by atoms with E-state index in [1.54, 1.807) is 41.9 Å². The fourth-order valence-electron chi connectivity index (χ4n) is 3.63. The summed E-state index contributed by atoms with van der Waals surface area (Å²) in [4.78, 5) is 0.242. The van der Waals surface area contributed by atoms with Crippen LogP contribution in [0.5, 0.6) is 5.75 Å². The molecule has 1 aromatic heterocycles. The Morgan fingerprint density at radius 2 is 2.00 bits per heavy atom. The van der Waals surface area contributed by atoms with Gasteiger partial charge in [-0.25, -0.2) is 8.42 Å². The fraction of sp³-hybridized carbons (Fsp3) is 0.250. The first-order valence-electron chi connectivity index (χ1n) is 8.96. The quantitative estimate of drug-likeness (QED) is 0.672. The summed E-state index contributed by atoms with van der Waals surface area (Å²) >= 11 is 5.91. The minimum atomic E-state index is -3.64. The Labute approximate surface area is 169 Å². The summed E-state index contributed by atoms with van der Waals surface area (Å²) in [5, 5.41) is 7.73. The predicted molar refractivity (Wildman–Crippen MR) is 108 cm³/mol. The first kappa shape index (κ1) is 19.0. The van der Waals surface area contributed by atoms with Gasteiger partial charge in [0.25, 0.3) is 0 Å². The molecule has 1 saturated heterocycles. The van der Waals surface area contributed by atoms with Crippen molar-refractivity contribution >= 4 is 21.6 Å². The number of sulfonamides is 1. The number of hydrogen-bond donors (Lipinski definition) is 1. The minimum Gasteiger partial charge on any atom is -0.497 e. The SMILES string of the molecule is COc1cccc(-c2cn[nH]c2C2CCCN2S(=O)(=O)c2ccc(Cl)cc2)c1. The molecule has 0 bridgehead atoms. The van der Waals surface area contributed by atoms with Crippen molar-refractivity contribution in [1.82, 2.24) is 14.5 Å². The lowest BCUT2D eigenvalue weighted by Gasteiger charge is -2.24. The van der Waals surface area contributed by atoms with E-state index in [1.165, 1.54) is 0 Å². The number of hydrogen-bond acceptors (Lipinski definition) is 4. The third-order valence-corrected chi connectivity index (χ3v) is 7.18. The van der Waals surface area contributed by atoms with Crippen LogP contribution in [0.15, 0.2) is 59.6 Å². The second-order valence-corrected chi connectivity index (χ2v) is 8.98. The highest BCUT2D eigenvalue weighted by Crippen LogP contribution is 2.40. The van der Waals surface area contributed by atoms with Gasteiger partial charge in [0.15, 0.2) is 0 Å². The number of rotatable bonds is 5. The zero-order chi connectivity index (χ0) is 19.7. The van der Waals surface area contributed by atoms with E-state index in [0.717, 1.165) is 35.4 Å². The van der Waals surface area contributed by atoms with Crippen LogP contribution in [0.1, 0.15) is 24.6 Å². The smallest absolute Gasteiger partial charge is 0.243 e. The second kappa shape index (κ2) is 7.58. The number of aromatic amines is 1. The molecule has 0 aliphatic carbocycles. The van der Waals surface area contributed by atoms with Gasteiger partial charge in [-0.3, -0.25) is 5.10 Å². The fourth-order valence-corrected chi connectivity index (χ4v) is 5.42. The largest absolute Gasteiger partial charge is 0.497 e. The summed E-state index contributed by atoms with van der Waals surface area (Å²) in [5.74, 6) is 0.738. The van der Waals surface area contributed by atoms with E-state index < -0.39 is 10.0 Å². The maximum atomic E-state index is 13.2. The summed E-state index contributed by atoms with van der Waals surface area (Å²) < 4.78 is 33.3. The Morgan fingerprint density at radius 3 is 2.75 bits per heavy atom. The van der Waals surface area contributed by atoms with Crippen LogP contribution in [0.2, 0.25) is 5.02 Å². The Hall–Kier alpha value is -2.35. The summed E-state index contributed by atoms with van der Waals surface area (Å²) in [6, 6.07) is 13.6. The van der Waals surface area contributed by atoms with E-state index >= 15 is 0 Å². The molecule has 1 N–H and O–H groups in total. The second-order valence-electron chi connectivity index (χ2n) is 6.66. The Morgan fingerprint density at radius 1 is 1.21 bits per heavy atom. The number of aromatic nitrogens is 2. The molecule has 0 saturated carbocycles. The van der Waals surface area contributed by atoms with Gasteiger partial charge in [-0.05, 0) is 54.8 Å². The molecule has 4 rings (SSSR count). The summed E-state index contributed by atoms with van der Waals surface area (Å²) in [7, 11) is -2.02. The van der Waals surface area contributed by atoms with Gasteiger partial charge in [0.05, 0.1) is 29.9 Å². The molecule has 2 aromatic carbocycles. The van der Waals surface area contributed by atoms with Gasteiger partial charge < -0.3 is 4.74 Å². The normalized spacial score (nSPS) is 17.7. The maximum Gasteiger partial charge on any atom is 0.243 e. The average molecular weight is 418 g/mol. The third kappa shape index (κ3) is 3.41. The lowest BCUT2D eigenvalue weighted by molar-refractivity contribution is 0.390. The first-order valence-corrected chi connectivity index (χ1v) is 10.8. The van der Waals surface area contributed by atoms with Crippen LogP contribution >= 0.6 is 11.6 Å². The standard InChI is InChI=1S/C20H20ClN3O3S/c1-27-16-5-2-4-14(12-16)18-13-22-23-20(18)19-6-3-11-24(19)28(25,26)17-9-7-15(21)8-10-17/h2,4-5,7-10,12-13,19H,3,6,11H2,1H3,(H,22,23). The van der Waals surface area contributed by atoms with E-state index in [1.807, 2.05) is 24.3 Å². The molecule has 0 spiro atoms. The van der Waals surface area contributed by atoms with Crippen molar-refractivity contribution in [2.75, 3.05) is 13.7 Å². The number of nitrogens with zero attached hydrogens (tertiary/aromatic N) is 2. The lowest BCUT2D eigenvalue weighted by atomic mass is 10.0. The molecule has 3 aromatic rings. The molecule has 1 unspecified atom stereocenters. The van der Waals surface area contributed by atoms with Crippen LogP contribution < -0.4 is 4.74 Å². The van der Waals surface area contributed by atoms with Crippen molar-refractivity contribution in [1.29, 1.82) is 0 Å². The molecule has 28 heavy (non-hydrogen) atoms. The van der Waals surface area contributed by atoms with Crippen LogP contribution in [0.3, 0.4) is 0 Å². The molecule has 146 valence electrons. The molecule has 6 nitrogen and oxygen atoms in total. The van der Waals surface area contributed by atoms with Crippen molar-refractivity contribution in [3.8, 4) is 16.9 Å². The Balaban J connectivity index is 1.72. The Bertz CT molecular complexity index is 1080. The van der Waals surface area contributed by atoms with Crippen molar-refractivity contribution in [3.63, 3.8) is 0 Å². The minimum absolute atomic E-state index is 0.242. The highest BCUT2D eigenvalue weighted by Gasteiger charge is 2.38. The van der Waals surface area contributed by atoms with Crippen molar-refractivity contribution in [2.24, 2.45) is 0 Å². The monoisotopic (exact) mass is 417 g/mol. The predicted octanol–water partition coefficient (Wildman–Crippen LogP) is 4.26. The number of benzene rings is 2. The van der Waals surface area contributed by atoms with Gasteiger partial charge in [-0.1, -0.05) is 23.7 Å². The topological polar surface area (TPSA) is 75.3 Å². The van der Waals surface area contributed by atoms with E-state index in [-0.39, 0.29) is 10.9 Å². The first-order chi connectivity index (χ1) is 13.5. The number of methoxy groups -OCH3 is 1.